The Morgan fingerprint density at radius 2 is 0.432 bits per heavy atom. The molecule has 2 atom stereocenters. The van der Waals surface area contributed by atoms with Gasteiger partial charge >= 0.3 is 37.7 Å². The minimum Gasteiger partial charge on any atom is -0.726 e. The second-order valence-corrected chi connectivity index (χ2v) is 26.7. The van der Waals surface area contributed by atoms with Crippen LogP contribution >= 0.6 is 0 Å². The van der Waals surface area contributed by atoms with E-state index in [4.69, 9.17) is 0 Å². The molecule has 0 aliphatic rings. The topological polar surface area (TPSA) is 133 Å². The van der Waals surface area contributed by atoms with Gasteiger partial charge in [0.2, 0.25) is 20.8 Å². The van der Waals surface area contributed by atoms with Crippen molar-refractivity contribution in [1.29, 1.82) is 0 Å². The number of hydrogen-bond donors (Lipinski definition) is 0. The predicted molar refractivity (Wildman–Crippen MR) is 353 cm³/mol. The van der Waals surface area contributed by atoms with Gasteiger partial charge in [0.25, 0.3) is 0 Å². The molecule has 480 valence electrons. The Hall–Kier alpha value is 0.480. The number of unbranched alkanes of at least 4 members (excludes halogenated alkanes) is 52. The third-order valence-electron chi connectivity index (χ3n) is 16.5. The van der Waals surface area contributed by atoms with Crippen LogP contribution in [-0.4, -0.2) is 76.9 Å². The summed E-state index contributed by atoms with van der Waals surface area (Å²) < 4.78 is 74.8. The molecule has 0 heterocycles. The van der Waals surface area contributed by atoms with Gasteiger partial charge in [-0.2, -0.15) is 0 Å². The Morgan fingerprint density at radius 1 is 0.272 bits per heavy atom. The van der Waals surface area contributed by atoms with Gasteiger partial charge in [-0.25, -0.2) is 16.8 Å². The van der Waals surface area contributed by atoms with Crippen LogP contribution in [0.2, 0.25) is 0 Å². The van der Waals surface area contributed by atoms with Crippen molar-refractivity contribution in [2.24, 2.45) is 11.8 Å². The van der Waals surface area contributed by atoms with Crippen LogP contribution in [0.3, 0.4) is 0 Å². The summed E-state index contributed by atoms with van der Waals surface area (Å²) in [5, 5.41) is 0. The second kappa shape index (κ2) is 71.2. The molecule has 0 aromatic carbocycles. The molecule has 81 heavy (non-hydrogen) atoms. The van der Waals surface area contributed by atoms with E-state index < -0.39 is 20.8 Å². The van der Waals surface area contributed by atoms with Crippen LogP contribution in [0.4, 0.5) is 0 Å². The molecule has 0 bridgehead atoms. The van der Waals surface area contributed by atoms with Gasteiger partial charge in [0.05, 0.1) is 13.2 Å². The summed E-state index contributed by atoms with van der Waals surface area (Å²) in [6.07, 6.45) is 84.9. The molecule has 8 nitrogen and oxygen atoms in total. The third-order valence-corrected chi connectivity index (χ3v) is 17.3. The first kappa shape index (κ1) is 85.7. The van der Waals surface area contributed by atoms with E-state index in [2.05, 4.69) is 60.4 Å². The molecule has 0 aliphatic carbocycles. The summed E-state index contributed by atoms with van der Waals surface area (Å²) >= 11 is 0. The molecule has 0 saturated heterocycles. The van der Waals surface area contributed by atoms with Crippen molar-refractivity contribution >= 4 is 58.5 Å². The van der Waals surface area contributed by atoms with E-state index in [-0.39, 0.29) is 62.8 Å². The standard InChI is InChI=1S/2C35H70O4S.Ca/c2*1-3-5-7-9-11-13-15-16-17-18-19-20-21-23-25-27-29-31-33-35(34-39-40(36,37)38)32-30-28-26-24-22-14-12-10-8-6-4-2;/h2*30,32,35H,3-29,31,33-34H2,1-2H3,(H,36,37,38);/q;;+2/p-2/b2*32-30+;. The van der Waals surface area contributed by atoms with Gasteiger partial charge in [-0.15, -0.1) is 0 Å². The van der Waals surface area contributed by atoms with Crippen molar-refractivity contribution < 1.29 is 34.3 Å². The zero-order valence-electron chi connectivity index (χ0n) is 54.7. The van der Waals surface area contributed by atoms with E-state index in [0.29, 0.717) is 0 Å². The first-order valence-corrected chi connectivity index (χ1v) is 38.2. The molecule has 11 heteroatoms. The van der Waals surface area contributed by atoms with E-state index >= 15 is 0 Å². The van der Waals surface area contributed by atoms with Crippen LogP contribution < -0.4 is 0 Å². The zero-order chi connectivity index (χ0) is 58.8. The number of allylic oxidation sites excluding steroid dienone is 2. The van der Waals surface area contributed by atoms with Crippen molar-refractivity contribution in [2.75, 3.05) is 13.2 Å². The van der Waals surface area contributed by atoms with Crippen LogP contribution in [0.25, 0.3) is 0 Å². The van der Waals surface area contributed by atoms with E-state index in [1.54, 1.807) is 0 Å². The maximum Gasteiger partial charge on any atom is 2.00 e. The minimum absolute atomic E-state index is 0. The maximum absolute atomic E-state index is 10.9. The van der Waals surface area contributed by atoms with Gasteiger partial charge in [0.15, 0.2) is 0 Å². The van der Waals surface area contributed by atoms with Crippen molar-refractivity contribution in [3.05, 3.63) is 24.3 Å². The summed E-state index contributed by atoms with van der Waals surface area (Å²) in [5.74, 6) is 0.0340. The SMILES string of the molecule is CCCCCCCCCCC/C=C/C(CCCCCCCCCCCCCCCCCCCC)COS(=O)(=O)[O-].CCCCCCCCCCC/C=C/C(CCCCCCCCCCCCCCCCCCCC)COS(=O)(=O)[O-].[Ca+2]. The molecule has 0 saturated carbocycles. The Labute approximate surface area is 538 Å². The van der Waals surface area contributed by atoms with Gasteiger partial charge in [-0.1, -0.05) is 386 Å². The van der Waals surface area contributed by atoms with Crippen molar-refractivity contribution in [3.8, 4) is 0 Å². The van der Waals surface area contributed by atoms with E-state index in [0.717, 1.165) is 38.5 Å². The monoisotopic (exact) mass is 1210 g/mol. The van der Waals surface area contributed by atoms with Gasteiger partial charge in [0.1, 0.15) is 0 Å². The molecular formula is C70H138CaO8S2. The number of hydrogen-bond acceptors (Lipinski definition) is 8. The summed E-state index contributed by atoms with van der Waals surface area (Å²) in [6.45, 7) is 9.05. The molecule has 2 unspecified atom stereocenters. The van der Waals surface area contributed by atoms with E-state index in [9.17, 15) is 25.9 Å². The molecule has 0 N–H and O–H groups in total. The first-order chi connectivity index (χ1) is 39.0. The molecule has 0 spiro atoms. The molecule has 0 aliphatic heterocycles. The summed E-state index contributed by atoms with van der Waals surface area (Å²) in [4.78, 5) is 0. The molecule has 0 radical (unpaired) electrons. The van der Waals surface area contributed by atoms with Gasteiger partial charge in [-0.05, 0) is 38.5 Å². The molecule has 0 fully saturated rings. The first-order valence-electron chi connectivity index (χ1n) is 35.5. The zero-order valence-corrected chi connectivity index (χ0v) is 58.5. The summed E-state index contributed by atoms with van der Waals surface area (Å²) in [7, 11) is -9.24. The summed E-state index contributed by atoms with van der Waals surface area (Å²) in [5.41, 5.74) is 0. The fourth-order valence-corrected chi connectivity index (χ4v) is 11.8. The molecule has 0 aromatic heterocycles. The molecule has 0 rings (SSSR count). The number of rotatable bonds is 66. The second-order valence-electron chi connectivity index (χ2n) is 24.6. The average molecular weight is 1210 g/mol. The quantitative estimate of drug-likeness (QED) is 0.0193. The van der Waals surface area contributed by atoms with E-state index in [1.807, 2.05) is 0 Å². The fraction of sp³-hybridized carbons (Fsp3) is 0.943. The van der Waals surface area contributed by atoms with Crippen LogP contribution in [0.5, 0.6) is 0 Å². The van der Waals surface area contributed by atoms with Gasteiger partial charge in [-0.3, -0.25) is 8.37 Å². The van der Waals surface area contributed by atoms with Crippen molar-refractivity contribution in [3.63, 3.8) is 0 Å². The predicted octanol–water partition coefficient (Wildman–Crippen LogP) is 23.6. The van der Waals surface area contributed by atoms with Crippen LogP contribution in [0.15, 0.2) is 24.3 Å². The van der Waals surface area contributed by atoms with Crippen LogP contribution in [-0.2, 0) is 29.2 Å². The fourth-order valence-electron chi connectivity index (χ4n) is 11.2. The normalized spacial score (nSPS) is 12.8. The Kier molecular flexibility index (Phi) is 75.4. The van der Waals surface area contributed by atoms with E-state index in [1.165, 1.54) is 334 Å². The van der Waals surface area contributed by atoms with Gasteiger partial charge in [0, 0.05) is 11.8 Å². The molecular weight excluding hydrogens is 1070 g/mol. The minimum atomic E-state index is -4.62. The summed E-state index contributed by atoms with van der Waals surface area (Å²) in [6, 6.07) is 0. The smallest absolute Gasteiger partial charge is 0.726 e. The largest absolute Gasteiger partial charge is 2.00 e. The van der Waals surface area contributed by atoms with Crippen LogP contribution in [0, 0.1) is 11.8 Å². The molecule has 0 amide bonds. The van der Waals surface area contributed by atoms with Gasteiger partial charge < -0.3 is 9.11 Å². The average Bonchev–Trinajstić information content (AvgIpc) is 3.43. The molecule has 0 aromatic rings. The Balaban J connectivity index is -0.00000148. The van der Waals surface area contributed by atoms with Crippen molar-refractivity contribution in [2.45, 2.75) is 400 Å². The van der Waals surface area contributed by atoms with Crippen LogP contribution in [0.1, 0.15) is 400 Å². The Morgan fingerprint density at radius 3 is 0.605 bits per heavy atom. The third kappa shape index (κ3) is 80.5. The maximum atomic E-state index is 10.9. The van der Waals surface area contributed by atoms with Crippen molar-refractivity contribution in [1.82, 2.24) is 0 Å². The Bertz CT molecular complexity index is 1350.